The standard InChI is InChI=1S/C33H42/c1-15-16(2)20(6)27(21(7)17(15)3)28-23(9)24(10)30-29-22(8)18(4)19(5)25(11)31(29)33(13,14)32(30)26(28)12/h1-14H3. The van der Waals surface area contributed by atoms with Gasteiger partial charge in [-0.05, 0) is 183 Å². The minimum atomic E-state index is -0.00808. The Balaban J connectivity index is 2.23. The lowest BCUT2D eigenvalue weighted by Crippen LogP contribution is -2.20. The second-order valence-corrected chi connectivity index (χ2v) is 11.4. The van der Waals surface area contributed by atoms with E-state index in [1.165, 1.54) is 89.0 Å². The van der Waals surface area contributed by atoms with Gasteiger partial charge < -0.3 is 0 Å². The predicted molar refractivity (Wildman–Crippen MR) is 146 cm³/mol. The van der Waals surface area contributed by atoms with Crippen LogP contribution in [0.15, 0.2) is 0 Å². The van der Waals surface area contributed by atoms with E-state index in [-0.39, 0.29) is 5.41 Å². The third kappa shape index (κ3) is 2.82. The van der Waals surface area contributed by atoms with Crippen LogP contribution in [0.5, 0.6) is 0 Å². The molecule has 0 radical (unpaired) electrons. The molecule has 33 heavy (non-hydrogen) atoms. The molecule has 1 aliphatic rings. The Kier molecular flexibility index (Phi) is 5.29. The minimum Gasteiger partial charge on any atom is -0.0516 e. The van der Waals surface area contributed by atoms with Crippen molar-refractivity contribution in [2.75, 3.05) is 0 Å². The molecule has 0 unspecified atom stereocenters. The van der Waals surface area contributed by atoms with Crippen LogP contribution in [0.4, 0.5) is 0 Å². The molecule has 0 nitrogen and oxygen atoms in total. The number of hydrogen-bond acceptors (Lipinski definition) is 0. The minimum absolute atomic E-state index is 0.00808. The second-order valence-electron chi connectivity index (χ2n) is 11.4. The topological polar surface area (TPSA) is 0 Å². The second kappa shape index (κ2) is 7.33. The molecule has 0 N–H and O–H groups in total. The van der Waals surface area contributed by atoms with Gasteiger partial charge in [0.05, 0.1) is 0 Å². The molecule has 3 aromatic carbocycles. The van der Waals surface area contributed by atoms with Crippen LogP contribution in [-0.4, -0.2) is 0 Å². The molecule has 0 saturated heterocycles. The Bertz CT molecular complexity index is 1340. The smallest absolute Gasteiger partial charge is 0.0164 e. The largest absolute Gasteiger partial charge is 0.0516 e. The molecule has 3 aromatic rings. The summed E-state index contributed by atoms with van der Waals surface area (Å²) in [4.78, 5) is 0. The van der Waals surface area contributed by atoms with E-state index in [4.69, 9.17) is 0 Å². The molecule has 0 bridgehead atoms. The van der Waals surface area contributed by atoms with Crippen LogP contribution in [0.25, 0.3) is 22.3 Å². The van der Waals surface area contributed by atoms with E-state index in [1.54, 1.807) is 11.1 Å². The van der Waals surface area contributed by atoms with Gasteiger partial charge in [-0.2, -0.15) is 0 Å². The van der Waals surface area contributed by atoms with E-state index in [0.29, 0.717) is 0 Å². The van der Waals surface area contributed by atoms with Crippen LogP contribution in [0.3, 0.4) is 0 Å². The van der Waals surface area contributed by atoms with Gasteiger partial charge in [0.25, 0.3) is 0 Å². The molecule has 0 atom stereocenters. The number of benzene rings is 3. The van der Waals surface area contributed by atoms with Gasteiger partial charge in [0.2, 0.25) is 0 Å². The molecule has 0 heteroatoms. The molecule has 0 heterocycles. The molecule has 0 fully saturated rings. The van der Waals surface area contributed by atoms with E-state index >= 15 is 0 Å². The average Bonchev–Trinajstić information content (AvgIpc) is 3.01. The first-order valence-electron chi connectivity index (χ1n) is 12.5. The molecule has 0 aromatic heterocycles. The molecule has 0 spiro atoms. The summed E-state index contributed by atoms with van der Waals surface area (Å²) in [7, 11) is 0. The lowest BCUT2D eigenvalue weighted by Gasteiger charge is -2.30. The van der Waals surface area contributed by atoms with Gasteiger partial charge in [0.1, 0.15) is 0 Å². The lowest BCUT2D eigenvalue weighted by atomic mass is 9.74. The Morgan fingerprint density at radius 1 is 0.273 bits per heavy atom. The van der Waals surface area contributed by atoms with Crippen LogP contribution in [0, 0.1) is 83.1 Å². The van der Waals surface area contributed by atoms with Crippen LogP contribution < -0.4 is 0 Å². The van der Waals surface area contributed by atoms with Crippen molar-refractivity contribution in [1.29, 1.82) is 0 Å². The van der Waals surface area contributed by atoms with E-state index < -0.39 is 0 Å². The van der Waals surface area contributed by atoms with Crippen molar-refractivity contribution >= 4 is 0 Å². The normalized spacial score (nSPS) is 14.0. The highest BCUT2D eigenvalue weighted by Gasteiger charge is 2.42. The first-order valence-corrected chi connectivity index (χ1v) is 12.5. The molecular weight excluding hydrogens is 396 g/mol. The SMILES string of the molecule is Cc1c(C)c(C)c(-c2c(C)c(C)c3c(c2C)C(C)(C)c2c(C)c(C)c(C)c(C)c2-3)c(C)c1C. The van der Waals surface area contributed by atoms with E-state index in [2.05, 4.69) is 96.9 Å². The lowest BCUT2D eigenvalue weighted by molar-refractivity contribution is 0.649. The Morgan fingerprint density at radius 2 is 0.515 bits per heavy atom. The van der Waals surface area contributed by atoms with Crippen molar-refractivity contribution < 1.29 is 0 Å². The van der Waals surface area contributed by atoms with E-state index in [1.807, 2.05) is 0 Å². The summed E-state index contributed by atoms with van der Waals surface area (Å²) in [6.07, 6.45) is 0. The van der Waals surface area contributed by atoms with Crippen LogP contribution in [0.1, 0.15) is 91.7 Å². The van der Waals surface area contributed by atoms with Gasteiger partial charge in [0.15, 0.2) is 0 Å². The van der Waals surface area contributed by atoms with Crippen molar-refractivity contribution in [3.8, 4) is 22.3 Å². The summed E-state index contributed by atoms with van der Waals surface area (Å²) in [6, 6.07) is 0. The van der Waals surface area contributed by atoms with Gasteiger partial charge >= 0.3 is 0 Å². The van der Waals surface area contributed by atoms with Gasteiger partial charge in [-0.1, -0.05) is 13.8 Å². The third-order valence-electron chi connectivity index (χ3n) is 9.75. The highest BCUT2D eigenvalue weighted by molar-refractivity contribution is 5.94. The van der Waals surface area contributed by atoms with Gasteiger partial charge in [-0.15, -0.1) is 0 Å². The van der Waals surface area contributed by atoms with Crippen molar-refractivity contribution in [2.45, 2.75) is 102 Å². The maximum atomic E-state index is 2.45. The van der Waals surface area contributed by atoms with Crippen molar-refractivity contribution in [1.82, 2.24) is 0 Å². The molecule has 0 amide bonds. The molecule has 4 rings (SSSR count). The maximum Gasteiger partial charge on any atom is 0.0164 e. The van der Waals surface area contributed by atoms with Crippen molar-refractivity contribution in [2.24, 2.45) is 0 Å². The Morgan fingerprint density at radius 3 is 0.970 bits per heavy atom. The summed E-state index contributed by atoms with van der Waals surface area (Å²) in [5, 5.41) is 0. The van der Waals surface area contributed by atoms with Crippen LogP contribution in [0.2, 0.25) is 0 Å². The molecule has 0 aliphatic heterocycles. The van der Waals surface area contributed by atoms with Crippen molar-refractivity contribution in [3.05, 3.63) is 77.9 Å². The van der Waals surface area contributed by atoms with E-state index in [0.717, 1.165) is 0 Å². The van der Waals surface area contributed by atoms with Crippen LogP contribution in [-0.2, 0) is 5.41 Å². The maximum absolute atomic E-state index is 2.45. The first-order chi connectivity index (χ1) is 15.2. The fourth-order valence-corrected chi connectivity index (χ4v) is 7.03. The zero-order valence-corrected chi connectivity index (χ0v) is 23.5. The summed E-state index contributed by atoms with van der Waals surface area (Å²) < 4.78 is 0. The first kappa shape index (κ1) is 23.8. The van der Waals surface area contributed by atoms with E-state index in [9.17, 15) is 0 Å². The van der Waals surface area contributed by atoms with Gasteiger partial charge in [0, 0.05) is 5.41 Å². The van der Waals surface area contributed by atoms with Gasteiger partial charge in [-0.3, -0.25) is 0 Å². The number of hydrogen-bond donors (Lipinski definition) is 0. The monoisotopic (exact) mass is 438 g/mol. The Hall–Kier alpha value is -2.34. The molecule has 1 aliphatic carbocycles. The third-order valence-corrected chi connectivity index (χ3v) is 9.75. The zero-order valence-electron chi connectivity index (χ0n) is 23.5. The highest BCUT2D eigenvalue weighted by atomic mass is 14.4. The zero-order chi connectivity index (χ0) is 24.9. The molecule has 0 saturated carbocycles. The summed E-state index contributed by atoms with van der Waals surface area (Å²) in [5.41, 5.74) is 26.4. The van der Waals surface area contributed by atoms with Gasteiger partial charge in [-0.25, -0.2) is 0 Å². The highest BCUT2D eigenvalue weighted by Crippen LogP contribution is 2.57. The average molecular weight is 439 g/mol. The molecule has 174 valence electrons. The summed E-state index contributed by atoms with van der Waals surface area (Å²) in [6.45, 7) is 32.8. The van der Waals surface area contributed by atoms with Crippen LogP contribution >= 0.6 is 0 Å². The quantitative estimate of drug-likeness (QED) is 0.355. The van der Waals surface area contributed by atoms with Crippen molar-refractivity contribution in [3.63, 3.8) is 0 Å². The summed E-state index contributed by atoms with van der Waals surface area (Å²) in [5.74, 6) is 0. The fraction of sp³-hybridized carbons (Fsp3) is 0.455. The number of rotatable bonds is 1. The molecular formula is C33H42. The Labute approximate surface area is 202 Å². The predicted octanol–water partition coefficient (Wildman–Crippen LogP) is 9.36. The fourth-order valence-electron chi connectivity index (χ4n) is 7.03. The number of fused-ring (bicyclic) bond motifs is 3. The summed E-state index contributed by atoms with van der Waals surface area (Å²) >= 11 is 0.